The molecule has 2 aliphatic rings. The van der Waals surface area contributed by atoms with Gasteiger partial charge in [0.05, 0.1) is 6.04 Å². The second kappa shape index (κ2) is 10.2. The maximum absolute atomic E-state index is 13.1. The minimum atomic E-state index is -0.926. The largest absolute Gasteiger partial charge is 0.454 e. The Bertz CT molecular complexity index is 1040. The number of aldehydes is 1. The fraction of sp³-hybridized carbons (Fsp3) is 0.333. The monoisotopic (exact) mass is 451 g/mol. The van der Waals surface area contributed by atoms with Crippen molar-refractivity contribution in [3.63, 3.8) is 0 Å². The van der Waals surface area contributed by atoms with Crippen molar-refractivity contribution < 1.29 is 28.7 Å². The van der Waals surface area contributed by atoms with Crippen molar-refractivity contribution in [3.05, 3.63) is 59.7 Å². The molecule has 2 aromatic carbocycles. The van der Waals surface area contributed by atoms with Crippen LogP contribution in [0.15, 0.2) is 48.5 Å². The van der Waals surface area contributed by atoms with Gasteiger partial charge in [-0.2, -0.15) is 0 Å². The lowest BCUT2D eigenvalue weighted by Gasteiger charge is -2.22. The molecule has 2 heterocycles. The lowest BCUT2D eigenvalue weighted by molar-refractivity contribution is -0.127. The molecular weight excluding hydrogens is 426 g/mol. The topological polar surface area (TPSA) is 123 Å². The van der Waals surface area contributed by atoms with Crippen molar-refractivity contribution in [2.45, 2.75) is 31.3 Å². The van der Waals surface area contributed by atoms with Crippen molar-refractivity contribution in [2.75, 3.05) is 13.3 Å². The molecule has 2 aromatic rings. The molecule has 0 aromatic heterocycles. The predicted octanol–water partition coefficient (Wildman–Crippen LogP) is 0.966. The smallest absolute Gasteiger partial charge is 0.252 e. The molecule has 172 valence electrons. The summed E-state index contributed by atoms with van der Waals surface area (Å²) in [6.07, 6.45) is 1.70. The van der Waals surface area contributed by atoms with E-state index in [2.05, 4.69) is 16.0 Å². The third-order valence-corrected chi connectivity index (χ3v) is 5.73. The van der Waals surface area contributed by atoms with E-state index in [-0.39, 0.29) is 31.5 Å². The molecule has 0 aliphatic carbocycles. The molecule has 9 heteroatoms. The van der Waals surface area contributed by atoms with E-state index in [0.717, 1.165) is 5.56 Å². The SMILES string of the molecule is O=C[C@H](C[C@@H]1CCNC1=O)NC(=O)[C@H](Cc1ccccc1)NC(=O)c1ccc2c(c1)OCO2. The second-order valence-electron chi connectivity index (χ2n) is 8.05. The maximum Gasteiger partial charge on any atom is 0.252 e. The van der Waals surface area contributed by atoms with Gasteiger partial charge >= 0.3 is 0 Å². The highest BCUT2D eigenvalue weighted by molar-refractivity contribution is 5.98. The van der Waals surface area contributed by atoms with Gasteiger partial charge in [0.2, 0.25) is 18.6 Å². The zero-order chi connectivity index (χ0) is 23.2. The number of carbonyl (C=O) groups excluding carboxylic acids is 4. The van der Waals surface area contributed by atoms with Crippen molar-refractivity contribution in [3.8, 4) is 11.5 Å². The summed E-state index contributed by atoms with van der Waals surface area (Å²) < 4.78 is 10.6. The van der Waals surface area contributed by atoms with E-state index < -0.39 is 23.9 Å². The van der Waals surface area contributed by atoms with E-state index >= 15 is 0 Å². The first-order valence-electron chi connectivity index (χ1n) is 10.8. The number of fused-ring (bicyclic) bond motifs is 1. The van der Waals surface area contributed by atoms with Gasteiger partial charge in [-0.3, -0.25) is 14.4 Å². The van der Waals surface area contributed by atoms with Crippen LogP contribution in [0, 0.1) is 5.92 Å². The van der Waals surface area contributed by atoms with Gasteiger partial charge < -0.3 is 30.2 Å². The summed E-state index contributed by atoms with van der Waals surface area (Å²) in [5.41, 5.74) is 1.17. The third-order valence-electron chi connectivity index (χ3n) is 5.73. The Labute approximate surface area is 190 Å². The summed E-state index contributed by atoms with van der Waals surface area (Å²) in [6.45, 7) is 0.650. The molecule has 33 heavy (non-hydrogen) atoms. The van der Waals surface area contributed by atoms with E-state index in [1.54, 1.807) is 18.2 Å². The molecule has 1 saturated heterocycles. The number of carbonyl (C=O) groups is 4. The average molecular weight is 451 g/mol. The Kier molecular flexibility index (Phi) is 6.87. The van der Waals surface area contributed by atoms with Gasteiger partial charge in [-0.15, -0.1) is 0 Å². The first kappa shape index (κ1) is 22.3. The van der Waals surface area contributed by atoms with Gasteiger partial charge in [-0.25, -0.2) is 0 Å². The average Bonchev–Trinajstić information content (AvgIpc) is 3.46. The standard InChI is InChI=1S/C24H25N3O6/c28-13-18(11-17-8-9-25-22(17)29)26-24(31)19(10-15-4-2-1-3-5-15)27-23(30)16-6-7-20-21(12-16)33-14-32-20/h1-7,12-13,17-19H,8-11,14H2,(H,25,29)(H,26,31)(H,27,30)/t17-,18-,19-/m0/s1. The molecule has 1 fully saturated rings. The van der Waals surface area contributed by atoms with Gasteiger partial charge in [-0.05, 0) is 36.6 Å². The van der Waals surface area contributed by atoms with E-state index in [9.17, 15) is 19.2 Å². The van der Waals surface area contributed by atoms with Crippen molar-refractivity contribution >= 4 is 24.0 Å². The van der Waals surface area contributed by atoms with Crippen LogP contribution in [-0.2, 0) is 20.8 Å². The number of hydrogen-bond donors (Lipinski definition) is 3. The molecule has 0 radical (unpaired) electrons. The number of hydrogen-bond acceptors (Lipinski definition) is 6. The van der Waals surface area contributed by atoms with Crippen LogP contribution in [0.2, 0.25) is 0 Å². The van der Waals surface area contributed by atoms with Crippen LogP contribution in [0.3, 0.4) is 0 Å². The Hall–Kier alpha value is -3.88. The zero-order valence-electron chi connectivity index (χ0n) is 17.9. The van der Waals surface area contributed by atoms with Crippen molar-refractivity contribution in [2.24, 2.45) is 5.92 Å². The van der Waals surface area contributed by atoms with E-state index in [0.29, 0.717) is 36.3 Å². The zero-order valence-corrected chi connectivity index (χ0v) is 17.9. The molecule has 3 N–H and O–H groups in total. The maximum atomic E-state index is 13.1. The summed E-state index contributed by atoms with van der Waals surface area (Å²) in [6, 6.07) is 12.3. The lowest BCUT2D eigenvalue weighted by Crippen LogP contribution is -2.51. The van der Waals surface area contributed by atoms with Crippen molar-refractivity contribution in [1.82, 2.24) is 16.0 Å². The summed E-state index contributed by atoms with van der Waals surface area (Å²) in [7, 11) is 0. The highest BCUT2D eigenvalue weighted by Crippen LogP contribution is 2.32. The fourth-order valence-corrected chi connectivity index (χ4v) is 3.95. The Morgan fingerprint density at radius 1 is 1.09 bits per heavy atom. The summed E-state index contributed by atoms with van der Waals surface area (Å²) in [5, 5.41) is 8.17. The number of benzene rings is 2. The van der Waals surface area contributed by atoms with Crippen LogP contribution in [0.1, 0.15) is 28.8 Å². The Morgan fingerprint density at radius 3 is 2.61 bits per heavy atom. The molecule has 3 atom stereocenters. The second-order valence-corrected chi connectivity index (χ2v) is 8.05. The molecule has 3 amide bonds. The van der Waals surface area contributed by atoms with E-state index in [1.165, 1.54) is 0 Å². The summed E-state index contributed by atoms with van der Waals surface area (Å²) in [5.74, 6) is -0.382. The van der Waals surface area contributed by atoms with Crippen LogP contribution in [-0.4, -0.2) is 49.4 Å². The number of rotatable bonds is 9. The van der Waals surface area contributed by atoms with Gasteiger partial charge in [0, 0.05) is 24.4 Å². The minimum absolute atomic E-state index is 0.0888. The highest BCUT2D eigenvalue weighted by atomic mass is 16.7. The first-order valence-corrected chi connectivity index (χ1v) is 10.8. The van der Waals surface area contributed by atoms with Gasteiger partial charge in [0.25, 0.3) is 5.91 Å². The molecule has 0 bridgehead atoms. The molecule has 2 aliphatic heterocycles. The third kappa shape index (κ3) is 5.49. The number of ether oxygens (including phenoxy) is 2. The normalized spacial score (nSPS) is 18.2. The Balaban J connectivity index is 1.47. The molecule has 0 saturated carbocycles. The van der Waals surface area contributed by atoms with Crippen LogP contribution in [0.4, 0.5) is 0 Å². The first-order chi connectivity index (χ1) is 16.0. The molecule has 4 rings (SSSR count). The van der Waals surface area contributed by atoms with Crippen LogP contribution < -0.4 is 25.4 Å². The summed E-state index contributed by atoms with van der Waals surface area (Å²) in [4.78, 5) is 49.5. The summed E-state index contributed by atoms with van der Waals surface area (Å²) >= 11 is 0. The van der Waals surface area contributed by atoms with Gasteiger partial charge in [0.1, 0.15) is 12.3 Å². The van der Waals surface area contributed by atoms with E-state index in [1.807, 2.05) is 30.3 Å². The van der Waals surface area contributed by atoms with Gasteiger partial charge in [-0.1, -0.05) is 30.3 Å². The Morgan fingerprint density at radius 2 is 1.88 bits per heavy atom. The highest BCUT2D eigenvalue weighted by Gasteiger charge is 2.30. The van der Waals surface area contributed by atoms with E-state index in [4.69, 9.17) is 9.47 Å². The van der Waals surface area contributed by atoms with Crippen LogP contribution in [0.25, 0.3) is 0 Å². The fourth-order valence-electron chi connectivity index (χ4n) is 3.95. The lowest BCUT2D eigenvalue weighted by atomic mass is 9.98. The molecule has 0 spiro atoms. The van der Waals surface area contributed by atoms with Crippen LogP contribution >= 0.6 is 0 Å². The molecular formula is C24H25N3O6. The quantitative estimate of drug-likeness (QED) is 0.488. The number of amides is 3. The van der Waals surface area contributed by atoms with Gasteiger partial charge in [0.15, 0.2) is 11.5 Å². The van der Waals surface area contributed by atoms with Crippen molar-refractivity contribution in [1.29, 1.82) is 0 Å². The molecule has 9 nitrogen and oxygen atoms in total. The minimum Gasteiger partial charge on any atom is -0.454 e. The van der Waals surface area contributed by atoms with Crippen LogP contribution in [0.5, 0.6) is 11.5 Å². The molecule has 0 unspecified atom stereocenters. The number of nitrogens with one attached hydrogen (secondary N) is 3. The predicted molar refractivity (Wildman–Crippen MR) is 118 cm³/mol.